The molecule has 2 aromatic carbocycles. The summed E-state index contributed by atoms with van der Waals surface area (Å²) < 4.78 is 12.4. The van der Waals surface area contributed by atoms with Gasteiger partial charge in [-0.05, 0) is 36.4 Å². The highest BCUT2D eigenvalue weighted by molar-refractivity contribution is 7.23. The first-order chi connectivity index (χ1) is 16.8. The molecule has 0 saturated carbocycles. The molecular formula is C26H23N3O5S. The number of methoxy groups -OCH3 is 1. The molecule has 2 aliphatic heterocycles. The van der Waals surface area contributed by atoms with Crippen LogP contribution in [-0.4, -0.2) is 48.3 Å². The first-order valence-corrected chi connectivity index (χ1v) is 12.1. The van der Waals surface area contributed by atoms with Crippen LogP contribution in [0.15, 0.2) is 36.4 Å². The van der Waals surface area contributed by atoms with Crippen LogP contribution in [0.2, 0.25) is 0 Å². The number of hydrogen-bond acceptors (Lipinski definition) is 7. The summed E-state index contributed by atoms with van der Waals surface area (Å²) in [6.45, 7) is 2.26. The zero-order valence-corrected chi connectivity index (χ0v) is 20.2. The van der Waals surface area contributed by atoms with Crippen LogP contribution < -0.4 is 14.8 Å². The summed E-state index contributed by atoms with van der Waals surface area (Å²) in [5, 5.41) is 13.2. The third-order valence-corrected chi connectivity index (χ3v) is 7.65. The molecule has 0 bridgehead atoms. The largest absolute Gasteiger partial charge is 0.497 e. The molecule has 0 radical (unpaired) electrons. The molecule has 0 atom stereocenters. The second-order valence-electron chi connectivity index (χ2n) is 8.85. The number of fused-ring (bicyclic) bond motifs is 2. The molecule has 1 N–H and O–H groups in total. The van der Waals surface area contributed by atoms with E-state index in [2.05, 4.69) is 11.4 Å². The van der Waals surface area contributed by atoms with Crippen LogP contribution in [0.4, 0.5) is 5.00 Å². The predicted octanol–water partition coefficient (Wildman–Crippen LogP) is 4.38. The van der Waals surface area contributed by atoms with E-state index in [-0.39, 0.29) is 24.0 Å². The molecule has 2 amide bonds. The number of hydrogen-bond donors (Lipinski definition) is 1. The van der Waals surface area contributed by atoms with Crippen LogP contribution in [0, 0.1) is 11.3 Å². The number of nitrogens with zero attached hydrogens (tertiary/aromatic N) is 2. The van der Waals surface area contributed by atoms with Gasteiger partial charge in [0, 0.05) is 42.9 Å². The van der Waals surface area contributed by atoms with Crippen molar-refractivity contribution in [1.82, 2.24) is 4.90 Å². The molecule has 2 aliphatic rings. The molecule has 1 spiro atoms. The minimum atomic E-state index is -0.667. The van der Waals surface area contributed by atoms with E-state index in [1.165, 1.54) is 18.3 Å². The third-order valence-electron chi connectivity index (χ3n) is 6.58. The van der Waals surface area contributed by atoms with Crippen molar-refractivity contribution in [3.8, 4) is 17.6 Å². The maximum absolute atomic E-state index is 13.6. The van der Waals surface area contributed by atoms with Gasteiger partial charge in [-0.25, -0.2) is 0 Å². The summed E-state index contributed by atoms with van der Waals surface area (Å²) in [6, 6.07) is 12.4. The van der Waals surface area contributed by atoms with Crippen LogP contribution in [0.25, 0.3) is 10.1 Å². The minimum absolute atomic E-state index is 0.0474. The monoisotopic (exact) mass is 489 g/mol. The fourth-order valence-electron chi connectivity index (χ4n) is 4.78. The van der Waals surface area contributed by atoms with E-state index in [0.29, 0.717) is 59.1 Å². The second-order valence-corrected chi connectivity index (χ2v) is 9.90. The van der Waals surface area contributed by atoms with Crippen molar-refractivity contribution in [1.29, 1.82) is 5.26 Å². The number of rotatable bonds is 3. The Balaban J connectivity index is 1.39. The number of amides is 2. The van der Waals surface area contributed by atoms with Gasteiger partial charge in [0.1, 0.15) is 22.1 Å². The number of carbonyl (C=O) groups is 3. The van der Waals surface area contributed by atoms with Crippen molar-refractivity contribution in [2.24, 2.45) is 0 Å². The molecule has 5 rings (SSSR count). The summed E-state index contributed by atoms with van der Waals surface area (Å²) in [5.41, 5.74) is 0.661. The number of benzene rings is 2. The summed E-state index contributed by atoms with van der Waals surface area (Å²) in [6.07, 6.45) is 1.24. The van der Waals surface area contributed by atoms with E-state index in [9.17, 15) is 14.4 Å². The van der Waals surface area contributed by atoms with Gasteiger partial charge in [-0.15, -0.1) is 11.3 Å². The highest BCUT2D eigenvalue weighted by Gasteiger charge is 2.44. The van der Waals surface area contributed by atoms with Gasteiger partial charge in [0.25, 0.3) is 5.91 Å². The van der Waals surface area contributed by atoms with Crippen molar-refractivity contribution < 1.29 is 23.9 Å². The number of carbonyl (C=O) groups excluding carboxylic acids is 3. The highest BCUT2D eigenvalue weighted by Crippen LogP contribution is 2.42. The van der Waals surface area contributed by atoms with Crippen molar-refractivity contribution in [3.05, 3.63) is 53.1 Å². The van der Waals surface area contributed by atoms with Crippen LogP contribution in [0.3, 0.4) is 0 Å². The normalized spacial score (nSPS) is 16.4. The van der Waals surface area contributed by atoms with Crippen molar-refractivity contribution in [2.45, 2.75) is 31.8 Å². The first-order valence-electron chi connectivity index (χ1n) is 11.3. The Bertz CT molecular complexity index is 1410. The average Bonchev–Trinajstić information content (AvgIpc) is 3.20. The van der Waals surface area contributed by atoms with Crippen molar-refractivity contribution in [2.75, 3.05) is 25.5 Å². The summed E-state index contributed by atoms with van der Waals surface area (Å²) >= 11 is 1.34. The van der Waals surface area contributed by atoms with E-state index in [0.717, 1.165) is 10.1 Å². The molecule has 9 heteroatoms. The summed E-state index contributed by atoms with van der Waals surface area (Å²) in [4.78, 5) is 40.1. The Morgan fingerprint density at radius 3 is 2.66 bits per heavy atom. The Hall–Kier alpha value is -3.90. The van der Waals surface area contributed by atoms with Crippen LogP contribution in [0.5, 0.6) is 11.5 Å². The zero-order valence-electron chi connectivity index (χ0n) is 19.3. The van der Waals surface area contributed by atoms with Crippen LogP contribution in [0.1, 0.15) is 52.5 Å². The quantitative estimate of drug-likeness (QED) is 0.585. The number of anilines is 1. The van der Waals surface area contributed by atoms with E-state index < -0.39 is 5.60 Å². The van der Waals surface area contributed by atoms with Gasteiger partial charge >= 0.3 is 0 Å². The van der Waals surface area contributed by atoms with Gasteiger partial charge in [0.15, 0.2) is 5.78 Å². The molecule has 1 aromatic heterocycles. The average molecular weight is 490 g/mol. The number of ketones is 1. The number of ether oxygens (including phenoxy) is 2. The van der Waals surface area contributed by atoms with Gasteiger partial charge in [-0.2, -0.15) is 5.26 Å². The Kier molecular flexibility index (Phi) is 5.69. The lowest BCUT2D eigenvalue weighted by Crippen LogP contribution is -2.52. The molecule has 0 unspecified atom stereocenters. The van der Waals surface area contributed by atoms with E-state index in [4.69, 9.17) is 14.7 Å². The zero-order chi connectivity index (χ0) is 24.7. The Morgan fingerprint density at radius 2 is 1.97 bits per heavy atom. The van der Waals surface area contributed by atoms with Crippen molar-refractivity contribution in [3.63, 3.8) is 0 Å². The Morgan fingerprint density at radius 1 is 1.20 bits per heavy atom. The number of piperidine rings is 1. The van der Waals surface area contributed by atoms with Crippen LogP contribution >= 0.6 is 11.3 Å². The number of nitrogens with one attached hydrogen (secondary N) is 1. The fourth-order valence-corrected chi connectivity index (χ4v) is 5.95. The van der Waals surface area contributed by atoms with Crippen LogP contribution in [-0.2, 0) is 4.79 Å². The predicted molar refractivity (Wildman–Crippen MR) is 131 cm³/mol. The standard InChI is InChI=1S/C26H23N3O5S/c1-15(30)28-24-23(18-5-4-17(33-2)12-22(18)35-24)25(32)29-9-7-26(8-10-29)13-20(31)19-11-16(14-27)3-6-21(19)34-26/h3-6,11-12H,7-10,13H2,1-2H3,(H,28,30). The lowest BCUT2D eigenvalue weighted by molar-refractivity contribution is -0.114. The molecule has 8 nitrogen and oxygen atoms in total. The van der Waals surface area contributed by atoms with Gasteiger partial charge in [0.05, 0.1) is 36.3 Å². The van der Waals surface area contributed by atoms with Gasteiger partial charge in [0.2, 0.25) is 5.91 Å². The summed E-state index contributed by atoms with van der Waals surface area (Å²) in [5.74, 6) is 0.705. The first kappa shape index (κ1) is 22.9. The second kappa shape index (κ2) is 8.71. The number of thiophene rings is 1. The molecule has 0 aliphatic carbocycles. The maximum Gasteiger partial charge on any atom is 0.257 e. The maximum atomic E-state index is 13.6. The molecule has 1 fully saturated rings. The van der Waals surface area contributed by atoms with E-state index >= 15 is 0 Å². The lowest BCUT2D eigenvalue weighted by atomic mass is 9.82. The number of Topliss-reactive ketones (excluding diaryl/α,β-unsaturated/α-hetero) is 1. The Labute approximate surface area is 206 Å². The fraction of sp³-hybridized carbons (Fsp3) is 0.308. The smallest absolute Gasteiger partial charge is 0.257 e. The van der Waals surface area contributed by atoms with Crippen molar-refractivity contribution >= 4 is 44.0 Å². The lowest BCUT2D eigenvalue weighted by Gasteiger charge is -2.44. The van der Waals surface area contributed by atoms with E-state index in [1.807, 2.05) is 12.1 Å². The van der Waals surface area contributed by atoms with Gasteiger partial charge in [-0.1, -0.05) is 0 Å². The molecule has 35 heavy (non-hydrogen) atoms. The van der Waals surface area contributed by atoms with E-state index in [1.54, 1.807) is 36.3 Å². The van der Waals surface area contributed by atoms with Gasteiger partial charge in [-0.3, -0.25) is 14.4 Å². The minimum Gasteiger partial charge on any atom is -0.497 e. The molecule has 3 aromatic rings. The topological polar surface area (TPSA) is 109 Å². The highest BCUT2D eigenvalue weighted by atomic mass is 32.1. The molecule has 1 saturated heterocycles. The molecule has 178 valence electrons. The number of likely N-dealkylation sites (tertiary alicyclic amines) is 1. The summed E-state index contributed by atoms with van der Waals surface area (Å²) in [7, 11) is 1.58. The molecular weight excluding hydrogens is 466 g/mol. The molecule has 3 heterocycles. The number of nitriles is 1. The van der Waals surface area contributed by atoms with Gasteiger partial charge < -0.3 is 19.7 Å². The SMILES string of the molecule is COc1ccc2c(C(=O)N3CCC4(CC3)CC(=O)c3cc(C#N)ccc3O4)c(NC(C)=O)sc2c1. The third kappa shape index (κ3) is 4.10.